The SMILES string of the molecule is C=CC(=O)N1Cc2sc(Br)cc2[C@H](c2ccccc2OC)C1. The second kappa shape index (κ2) is 6.26. The highest BCUT2D eigenvalue weighted by Gasteiger charge is 2.31. The molecule has 1 aromatic heterocycles. The molecule has 2 heterocycles. The van der Waals surface area contributed by atoms with Crippen molar-refractivity contribution < 1.29 is 9.53 Å². The molecule has 1 amide bonds. The van der Waals surface area contributed by atoms with E-state index in [0.717, 1.165) is 15.1 Å². The maximum absolute atomic E-state index is 12.1. The van der Waals surface area contributed by atoms with E-state index in [4.69, 9.17) is 4.74 Å². The zero-order valence-electron chi connectivity index (χ0n) is 12.2. The zero-order valence-corrected chi connectivity index (χ0v) is 14.6. The van der Waals surface area contributed by atoms with Gasteiger partial charge in [-0.25, -0.2) is 0 Å². The molecule has 1 aromatic carbocycles. The minimum Gasteiger partial charge on any atom is -0.496 e. The van der Waals surface area contributed by atoms with Gasteiger partial charge >= 0.3 is 0 Å². The molecule has 3 nitrogen and oxygen atoms in total. The smallest absolute Gasteiger partial charge is 0.246 e. The number of fused-ring (bicyclic) bond motifs is 1. The molecule has 0 radical (unpaired) electrons. The molecule has 0 saturated heterocycles. The van der Waals surface area contributed by atoms with Crippen LogP contribution in [0.5, 0.6) is 5.75 Å². The molecule has 1 aliphatic heterocycles. The Morgan fingerprint density at radius 3 is 2.95 bits per heavy atom. The number of nitrogens with zero attached hydrogens (tertiary/aromatic N) is 1. The van der Waals surface area contributed by atoms with E-state index in [1.807, 2.05) is 23.1 Å². The summed E-state index contributed by atoms with van der Waals surface area (Å²) in [6, 6.07) is 10.2. The molecule has 22 heavy (non-hydrogen) atoms. The summed E-state index contributed by atoms with van der Waals surface area (Å²) in [4.78, 5) is 15.1. The van der Waals surface area contributed by atoms with E-state index in [1.165, 1.54) is 16.5 Å². The highest BCUT2D eigenvalue weighted by molar-refractivity contribution is 9.11. The molecule has 0 unspecified atom stereocenters. The van der Waals surface area contributed by atoms with Gasteiger partial charge in [-0.15, -0.1) is 11.3 Å². The second-order valence-electron chi connectivity index (χ2n) is 5.15. The van der Waals surface area contributed by atoms with Crippen LogP contribution in [0.1, 0.15) is 21.9 Å². The Morgan fingerprint density at radius 2 is 2.23 bits per heavy atom. The number of para-hydroxylation sites is 1. The number of carbonyl (C=O) groups is 1. The average Bonchev–Trinajstić information content (AvgIpc) is 2.93. The fourth-order valence-corrected chi connectivity index (χ4v) is 4.69. The maximum atomic E-state index is 12.1. The van der Waals surface area contributed by atoms with Crippen molar-refractivity contribution in [2.75, 3.05) is 13.7 Å². The van der Waals surface area contributed by atoms with Crippen molar-refractivity contribution in [1.82, 2.24) is 4.90 Å². The van der Waals surface area contributed by atoms with Crippen LogP contribution in [0.25, 0.3) is 0 Å². The first-order valence-corrected chi connectivity index (χ1v) is 8.57. The van der Waals surface area contributed by atoms with Crippen LogP contribution in [-0.4, -0.2) is 24.5 Å². The molecule has 0 bridgehead atoms. The Morgan fingerprint density at radius 1 is 1.45 bits per heavy atom. The van der Waals surface area contributed by atoms with Crippen molar-refractivity contribution in [3.05, 3.63) is 62.8 Å². The van der Waals surface area contributed by atoms with Crippen LogP contribution in [0, 0.1) is 0 Å². The summed E-state index contributed by atoms with van der Waals surface area (Å²) in [7, 11) is 1.68. The lowest BCUT2D eigenvalue weighted by atomic mass is 9.88. The first kappa shape index (κ1) is 15.3. The first-order valence-electron chi connectivity index (χ1n) is 6.96. The van der Waals surface area contributed by atoms with Crippen LogP contribution in [0.4, 0.5) is 0 Å². The minimum absolute atomic E-state index is 0.0323. The summed E-state index contributed by atoms with van der Waals surface area (Å²) in [5, 5.41) is 0. The lowest BCUT2D eigenvalue weighted by molar-refractivity contribution is -0.127. The van der Waals surface area contributed by atoms with Gasteiger partial charge in [0.2, 0.25) is 5.91 Å². The maximum Gasteiger partial charge on any atom is 0.246 e. The van der Waals surface area contributed by atoms with Gasteiger partial charge in [0.1, 0.15) is 5.75 Å². The zero-order chi connectivity index (χ0) is 15.7. The molecule has 0 aliphatic carbocycles. The third kappa shape index (κ3) is 2.71. The third-order valence-corrected chi connectivity index (χ3v) is 5.56. The Labute approximate surface area is 142 Å². The Balaban J connectivity index is 2.08. The summed E-state index contributed by atoms with van der Waals surface area (Å²) in [5.74, 6) is 0.940. The van der Waals surface area contributed by atoms with Crippen LogP contribution in [0.3, 0.4) is 0 Å². The highest BCUT2D eigenvalue weighted by Crippen LogP contribution is 2.42. The molecule has 5 heteroatoms. The normalized spacial score (nSPS) is 17.0. The van der Waals surface area contributed by atoms with Crippen molar-refractivity contribution >= 4 is 33.2 Å². The van der Waals surface area contributed by atoms with Gasteiger partial charge in [-0.1, -0.05) is 24.8 Å². The molecule has 1 aliphatic rings. The summed E-state index contributed by atoms with van der Waals surface area (Å²) in [6.45, 7) is 4.89. The molecular formula is C17H16BrNO2S. The molecule has 1 atom stereocenters. The Kier molecular flexibility index (Phi) is 4.36. The number of methoxy groups -OCH3 is 1. The van der Waals surface area contributed by atoms with Gasteiger partial charge < -0.3 is 9.64 Å². The van der Waals surface area contributed by atoms with E-state index in [2.05, 4.69) is 34.6 Å². The number of carbonyl (C=O) groups excluding carboxylic acids is 1. The van der Waals surface area contributed by atoms with Gasteiger partial charge in [-0.2, -0.15) is 0 Å². The van der Waals surface area contributed by atoms with Gasteiger partial charge in [-0.3, -0.25) is 4.79 Å². The highest BCUT2D eigenvalue weighted by atomic mass is 79.9. The number of halogens is 1. The van der Waals surface area contributed by atoms with Gasteiger partial charge in [0, 0.05) is 22.9 Å². The van der Waals surface area contributed by atoms with E-state index in [9.17, 15) is 4.79 Å². The van der Waals surface area contributed by atoms with Gasteiger partial charge in [0.25, 0.3) is 0 Å². The monoisotopic (exact) mass is 377 g/mol. The number of rotatable bonds is 3. The molecule has 0 spiro atoms. The fraction of sp³-hybridized carbons (Fsp3) is 0.235. The molecule has 3 rings (SSSR count). The second-order valence-corrected chi connectivity index (χ2v) is 7.66. The van der Waals surface area contributed by atoms with Gasteiger partial charge in [0.15, 0.2) is 0 Å². The number of hydrogen-bond donors (Lipinski definition) is 0. The molecule has 2 aromatic rings. The molecule has 0 N–H and O–H groups in total. The third-order valence-electron chi connectivity index (χ3n) is 3.93. The van der Waals surface area contributed by atoms with Crippen LogP contribution < -0.4 is 4.74 Å². The van der Waals surface area contributed by atoms with E-state index < -0.39 is 0 Å². The lowest BCUT2D eigenvalue weighted by Gasteiger charge is -2.33. The number of amides is 1. The van der Waals surface area contributed by atoms with E-state index >= 15 is 0 Å². The van der Waals surface area contributed by atoms with Crippen molar-refractivity contribution in [2.45, 2.75) is 12.5 Å². The van der Waals surface area contributed by atoms with Gasteiger partial charge in [-0.05, 0) is 39.7 Å². The van der Waals surface area contributed by atoms with Crippen LogP contribution in [-0.2, 0) is 11.3 Å². The number of ether oxygens (including phenoxy) is 1. The van der Waals surface area contributed by atoms with Gasteiger partial charge in [0.05, 0.1) is 17.4 Å². The lowest BCUT2D eigenvalue weighted by Crippen LogP contribution is -2.37. The molecule has 0 fully saturated rings. The average molecular weight is 378 g/mol. The van der Waals surface area contributed by atoms with Crippen molar-refractivity contribution in [3.63, 3.8) is 0 Å². The predicted molar refractivity (Wildman–Crippen MR) is 92.5 cm³/mol. The van der Waals surface area contributed by atoms with Crippen LogP contribution in [0.15, 0.2) is 46.8 Å². The molecule has 0 saturated carbocycles. The molecule has 114 valence electrons. The first-order chi connectivity index (χ1) is 10.6. The van der Waals surface area contributed by atoms with Crippen molar-refractivity contribution in [1.29, 1.82) is 0 Å². The van der Waals surface area contributed by atoms with E-state index in [-0.39, 0.29) is 11.8 Å². The van der Waals surface area contributed by atoms with Crippen molar-refractivity contribution in [2.24, 2.45) is 0 Å². The summed E-state index contributed by atoms with van der Waals surface area (Å²) in [6.07, 6.45) is 1.38. The van der Waals surface area contributed by atoms with E-state index in [1.54, 1.807) is 18.4 Å². The minimum atomic E-state index is -0.0323. The largest absolute Gasteiger partial charge is 0.496 e. The Hall–Kier alpha value is -1.59. The Bertz CT molecular complexity index is 725. The van der Waals surface area contributed by atoms with Crippen LogP contribution >= 0.6 is 27.3 Å². The number of hydrogen-bond acceptors (Lipinski definition) is 3. The number of benzene rings is 1. The summed E-state index contributed by atoms with van der Waals surface area (Å²) in [5.41, 5.74) is 2.38. The van der Waals surface area contributed by atoms with Crippen LogP contribution in [0.2, 0.25) is 0 Å². The summed E-state index contributed by atoms with van der Waals surface area (Å²) >= 11 is 5.25. The fourth-order valence-electron chi connectivity index (χ4n) is 2.90. The number of thiophene rings is 1. The van der Waals surface area contributed by atoms with Crippen molar-refractivity contribution in [3.8, 4) is 5.75 Å². The standard InChI is InChI=1S/C17H16BrNO2S/c1-3-17(20)19-9-13(11-6-4-5-7-14(11)21-2)12-8-16(18)22-15(12)10-19/h3-8,13H,1,9-10H2,2H3/t13-/m0/s1. The van der Waals surface area contributed by atoms with E-state index in [0.29, 0.717) is 13.1 Å². The predicted octanol–water partition coefficient (Wildman–Crippen LogP) is 4.18. The molecular weight excluding hydrogens is 362 g/mol. The topological polar surface area (TPSA) is 29.5 Å². The summed E-state index contributed by atoms with van der Waals surface area (Å²) < 4.78 is 6.60. The quantitative estimate of drug-likeness (QED) is 0.750.